The van der Waals surface area contributed by atoms with Crippen LogP contribution in [0.25, 0.3) is 40.3 Å². The molecule has 0 amide bonds. The van der Waals surface area contributed by atoms with Crippen molar-refractivity contribution < 1.29 is 0 Å². The molecule has 0 aliphatic rings. The quantitative estimate of drug-likeness (QED) is 0.175. The van der Waals surface area contributed by atoms with E-state index < -0.39 is 0 Å². The van der Waals surface area contributed by atoms with Crippen molar-refractivity contribution >= 4 is 109 Å². The molecule has 7 aromatic carbocycles. The first-order valence-electron chi connectivity index (χ1n) is 15.5. The largest absolute Gasteiger partial charge is 0.310 e. The van der Waals surface area contributed by atoms with Gasteiger partial charge >= 0.3 is 0 Å². The molecule has 0 radical (unpaired) electrons. The van der Waals surface area contributed by atoms with Gasteiger partial charge in [0.05, 0.1) is 10.7 Å². The highest BCUT2D eigenvalue weighted by molar-refractivity contribution is 7.26. The van der Waals surface area contributed by atoms with Gasteiger partial charge in [0, 0.05) is 68.8 Å². The molecule has 0 saturated carbocycles. The van der Waals surface area contributed by atoms with E-state index in [4.69, 9.17) is 11.6 Å². The Hall–Kier alpha value is -5.13. The Morgan fingerprint density at radius 2 is 0.936 bits per heavy atom. The van der Waals surface area contributed by atoms with E-state index in [1.165, 1.54) is 35.0 Å². The van der Waals surface area contributed by atoms with Crippen LogP contribution >= 0.6 is 34.3 Å². The first-order valence-corrected chi connectivity index (χ1v) is 17.6. The number of nitrogens with zero attached hydrogens (tertiary/aromatic N) is 2. The molecule has 2 aromatic heterocycles. The maximum Gasteiger partial charge on any atom is 0.0554 e. The van der Waals surface area contributed by atoms with Crippen LogP contribution in [-0.2, 0) is 0 Å². The minimum atomic E-state index is 0.765. The number of fused-ring (bicyclic) bond motifs is 6. The number of hydrogen-bond acceptors (Lipinski definition) is 4. The first kappa shape index (κ1) is 28.1. The molecule has 0 aliphatic heterocycles. The lowest BCUT2D eigenvalue weighted by atomic mass is 10.1. The van der Waals surface area contributed by atoms with E-state index in [9.17, 15) is 0 Å². The summed E-state index contributed by atoms with van der Waals surface area (Å²) in [5.74, 6) is 0. The Morgan fingerprint density at radius 3 is 1.64 bits per heavy atom. The summed E-state index contributed by atoms with van der Waals surface area (Å²) in [5.41, 5.74) is 6.61. The maximum absolute atomic E-state index is 7.11. The van der Waals surface area contributed by atoms with E-state index in [0.717, 1.165) is 44.5 Å². The number of benzene rings is 7. The number of thiophene rings is 2. The molecule has 5 heteroatoms. The Bertz CT molecular complexity index is 2500. The molecule has 9 rings (SSSR count). The maximum atomic E-state index is 7.11. The zero-order valence-electron chi connectivity index (χ0n) is 25.2. The fourth-order valence-electron chi connectivity index (χ4n) is 6.65. The van der Waals surface area contributed by atoms with Crippen LogP contribution in [0.15, 0.2) is 164 Å². The monoisotopic (exact) mass is 658 g/mol. The number of para-hydroxylation sites is 3. The van der Waals surface area contributed by atoms with Crippen LogP contribution in [0.4, 0.5) is 34.1 Å². The molecular weight excluding hydrogens is 632 g/mol. The van der Waals surface area contributed by atoms with Gasteiger partial charge in [-0.05, 0) is 84.9 Å². The van der Waals surface area contributed by atoms with Gasteiger partial charge in [-0.25, -0.2) is 0 Å². The Morgan fingerprint density at radius 1 is 0.362 bits per heavy atom. The Balaban J connectivity index is 1.28. The van der Waals surface area contributed by atoms with Crippen molar-refractivity contribution in [1.29, 1.82) is 0 Å². The van der Waals surface area contributed by atoms with Gasteiger partial charge in [0.2, 0.25) is 0 Å². The molecule has 9 aromatic rings. The number of hydrogen-bond donors (Lipinski definition) is 0. The third kappa shape index (κ3) is 4.85. The van der Waals surface area contributed by atoms with E-state index in [0.29, 0.717) is 0 Å². The molecule has 0 N–H and O–H groups in total. The second kappa shape index (κ2) is 11.6. The van der Waals surface area contributed by atoms with Gasteiger partial charge in [-0.3, -0.25) is 0 Å². The minimum Gasteiger partial charge on any atom is -0.310 e. The average Bonchev–Trinajstić information content (AvgIpc) is 3.69. The van der Waals surface area contributed by atoms with Gasteiger partial charge in [0.15, 0.2) is 0 Å². The summed E-state index contributed by atoms with van der Waals surface area (Å²) in [4.78, 5) is 4.69. The summed E-state index contributed by atoms with van der Waals surface area (Å²) in [6, 6.07) is 58.3. The molecule has 0 unspecified atom stereocenters. The van der Waals surface area contributed by atoms with Gasteiger partial charge in [-0.1, -0.05) is 90.5 Å². The predicted molar refractivity (Wildman–Crippen MR) is 207 cm³/mol. The molecular formula is C42H27ClN2S2. The van der Waals surface area contributed by atoms with E-state index in [1.54, 1.807) is 11.3 Å². The predicted octanol–water partition coefficient (Wildman–Crippen LogP) is 14.0. The zero-order chi connectivity index (χ0) is 31.3. The smallest absolute Gasteiger partial charge is 0.0554 e. The highest BCUT2D eigenvalue weighted by Gasteiger charge is 2.21. The second-order valence-corrected chi connectivity index (χ2v) is 14.1. The zero-order valence-corrected chi connectivity index (χ0v) is 27.6. The molecule has 0 spiro atoms. The summed E-state index contributed by atoms with van der Waals surface area (Å²) in [6.45, 7) is 0. The molecule has 2 heterocycles. The molecule has 0 fully saturated rings. The van der Waals surface area contributed by atoms with Crippen molar-refractivity contribution in [2.24, 2.45) is 0 Å². The Kier molecular flexibility index (Phi) is 6.93. The number of rotatable bonds is 6. The van der Waals surface area contributed by atoms with Crippen LogP contribution < -0.4 is 9.80 Å². The van der Waals surface area contributed by atoms with Crippen LogP contribution in [0, 0.1) is 0 Å². The second-order valence-electron chi connectivity index (χ2n) is 11.5. The summed E-state index contributed by atoms with van der Waals surface area (Å²) in [7, 11) is 0. The molecule has 47 heavy (non-hydrogen) atoms. The van der Waals surface area contributed by atoms with Crippen molar-refractivity contribution in [3.63, 3.8) is 0 Å². The van der Waals surface area contributed by atoms with Crippen LogP contribution in [0.5, 0.6) is 0 Å². The van der Waals surface area contributed by atoms with Crippen molar-refractivity contribution in [2.45, 2.75) is 0 Å². The SMILES string of the molecule is Clc1cc(N(c2ccccc2)c2ccc3sc4cccc(N(c5ccccc5)c5ccccc5)c4c3c2)cc2sc3ccccc3c12. The highest BCUT2D eigenvalue weighted by Crippen LogP contribution is 2.48. The topological polar surface area (TPSA) is 6.48 Å². The van der Waals surface area contributed by atoms with Crippen molar-refractivity contribution in [2.75, 3.05) is 9.80 Å². The third-order valence-corrected chi connectivity index (χ3v) is 11.2. The average molecular weight is 659 g/mol. The van der Waals surface area contributed by atoms with Gasteiger partial charge < -0.3 is 9.80 Å². The minimum absolute atomic E-state index is 0.765. The molecule has 2 nitrogen and oxygen atoms in total. The number of halogens is 1. The van der Waals surface area contributed by atoms with Gasteiger partial charge in [0.25, 0.3) is 0 Å². The summed E-state index contributed by atoms with van der Waals surface area (Å²) >= 11 is 10.7. The normalized spacial score (nSPS) is 11.5. The molecule has 0 atom stereocenters. The Labute approximate surface area is 285 Å². The van der Waals surface area contributed by atoms with Crippen LogP contribution in [-0.4, -0.2) is 0 Å². The molecule has 224 valence electrons. The summed E-state index contributed by atoms with van der Waals surface area (Å²) < 4.78 is 4.93. The van der Waals surface area contributed by atoms with Gasteiger partial charge in [-0.15, -0.1) is 22.7 Å². The van der Waals surface area contributed by atoms with E-state index >= 15 is 0 Å². The van der Waals surface area contributed by atoms with Crippen molar-refractivity contribution in [1.82, 2.24) is 0 Å². The molecule has 0 saturated heterocycles. The van der Waals surface area contributed by atoms with Crippen molar-refractivity contribution in [3.05, 3.63) is 169 Å². The lowest BCUT2D eigenvalue weighted by molar-refractivity contribution is 1.29. The van der Waals surface area contributed by atoms with E-state index in [-0.39, 0.29) is 0 Å². The van der Waals surface area contributed by atoms with Crippen LogP contribution in [0.1, 0.15) is 0 Å². The molecule has 0 aliphatic carbocycles. The third-order valence-electron chi connectivity index (χ3n) is 8.67. The fourth-order valence-corrected chi connectivity index (χ4v) is 9.29. The van der Waals surface area contributed by atoms with Gasteiger partial charge in [0.1, 0.15) is 0 Å². The fraction of sp³-hybridized carbons (Fsp3) is 0. The lowest BCUT2D eigenvalue weighted by Crippen LogP contribution is -2.10. The highest BCUT2D eigenvalue weighted by atomic mass is 35.5. The van der Waals surface area contributed by atoms with E-state index in [1.807, 2.05) is 11.3 Å². The summed E-state index contributed by atoms with van der Waals surface area (Å²) in [6.07, 6.45) is 0. The van der Waals surface area contributed by atoms with Crippen LogP contribution in [0.2, 0.25) is 5.02 Å². The standard InChI is InChI=1S/C42H27ClN2S2/c43-35-26-32(27-40-41(35)33-19-10-11-21-37(33)47-40)44(28-13-4-1-5-14-28)31-23-24-38-34(25-31)42-36(20-12-22-39(42)46-38)45(29-15-6-2-7-16-29)30-17-8-3-9-18-30/h1-27H. The first-order chi connectivity index (χ1) is 23.2. The number of anilines is 6. The lowest BCUT2D eigenvalue weighted by Gasteiger charge is -2.27. The molecule has 0 bridgehead atoms. The van der Waals surface area contributed by atoms with Crippen molar-refractivity contribution in [3.8, 4) is 0 Å². The van der Waals surface area contributed by atoms with Crippen LogP contribution in [0.3, 0.4) is 0 Å². The summed E-state index contributed by atoms with van der Waals surface area (Å²) in [5, 5.41) is 5.56. The van der Waals surface area contributed by atoms with Gasteiger partial charge in [-0.2, -0.15) is 0 Å². The van der Waals surface area contributed by atoms with E-state index in [2.05, 4.69) is 174 Å².